The molecule has 1 unspecified atom stereocenters. The van der Waals surface area contributed by atoms with Crippen molar-refractivity contribution in [3.63, 3.8) is 0 Å². The fourth-order valence-corrected chi connectivity index (χ4v) is 6.21. The Labute approximate surface area is 285 Å². The smallest absolute Gasteiger partial charge is 0.417 e. The number of rotatable bonds is 8. The van der Waals surface area contributed by atoms with E-state index in [0.29, 0.717) is 31.7 Å². The number of likely N-dealkylation sites (N-methyl/N-ethyl adjacent to an activating group) is 1. The Hall–Kier alpha value is -3.72. The third kappa shape index (κ3) is 9.71. The molecule has 1 aromatic carbocycles. The molecule has 0 saturated carbocycles. The summed E-state index contributed by atoms with van der Waals surface area (Å²) in [5, 5.41) is 2.35. The van der Waals surface area contributed by atoms with Gasteiger partial charge in [0, 0.05) is 65.2 Å². The summed E-state index contributed by atoms with van der Waals surface area (Å²) >= 11 is 0. The lowest BCUT2D eigenvalue weighted by atomic mass is 9.96. The number of hydrogen-bond donors (Lipinski definition) is 1. The number of alkyl halides is 3. The van der Waals surface area contributed by atoms with Crippen LogP contribution in [0.1, 0.15) is 55.6 Å². The largest absolute Gasteiger partial charge is 0.478 e. The van der Waals surface area contributed by atoms with Crippen LogP contribution in [0, 0.1) is 11.6 Å². The van der Waals surface area contributed by atoms with Crippen molar-refractivity contribution in [3.8, 4) is 5.88 Å². The van der Waals surface area contributed by atoms with Gasteiger partial charge < -0.3 is 29.5 Å². The molecule has 15 heteroatoms. The monoisotopic (exact) mass is 711 g/mol. The predicted molar refractivity (Wildman–Crippen MR) is 182 cm³/mol. The Morgan fingerprint density at radius 3 is 2.35 bits per heavy atom. The normalized spacial score (nSPS) is 17.9. The van der Waals surface area contributed by atoms with Gasteiger partial charge in [0.15, 0.2) is 5.82 Å². The van der Waals surface area contributed by atoms with Gasteiger partial charge in [-0.15, -0.1) is 0 Å². The van der Waals surface area contributed by atoms with Gasteiger partial charge in [0.1, 0.15) is 17.1 Å². The zero-order valence-electron chi connectivity index (χ0n) is 29.4. The number of piperazine rings is 1. The maximum absolute atomic E-state index is 16.6. The minimum Gasteiger partial charge on any atom is -0.478 e. The summed E-state index contributed by atoms with van der Waals surface area (Å²) in [5.74, 6) is -3.57. The number of halogens is 5. The van der Waals surface area contributed by atoms with E-state index in [1.165, 1.54) is 11.0 Å². The van der Waals surface area contributed by atoms with Crippen molar-refractivity contribution in [2.75, 3.05) is 56.6 Å². The van der Waals surface area contributed by atoms with Crippen molar-refractivity contribution < 1.29 is 41.0 Å². The van der Waals surface area contributed by atoms with E-state index in [9.17, 15) is 22.8 Å². The van der Waals surface area contributed by atoms with Crippen molar-refractivity contribution in [1.29, 1.82) is 0 Å². The fourth-order valence-electron chi connectivity index (χ4n) is 5.50. The molecule has 2 aliphatic rings. The molecule has 1 aromatic heterocycles. The lowest BCUT2D eigenvalue weighted by Gasteiger charge is -2.40. The Morgan fingerprint density at radius 2 is 1.78 bits per heavy atom. The van der Waals surface area contributed by atoms with Gasteiger partial charge in [-0.05, 0) is 52.8 Å². The molecule has 270 valence electrons. The number of carbonyl (C=O) groups excluding carboxylic acids is 2. The minimum atomic E-state index is -4.96. The van der Waals surface area contributed by atoms with Crippen LogP contribution < -0.4 is 15.0 Å². The van der Waals surface area contributed by atoms with E-state index in [1.807, 2.05) is 14.0 Å². The second-order valence-electron chi connectivity index (χ2n) is 14.8. The first-order chi connectivity index (χ1) is 22.6. The van der Waals surface area contributed by atoms with Crippen LogP contribution in [0.25, 0.3) is 5.57 Å². The van der Waals surface area contributed by atoms with Gasteiger partial charge in [0.25, 0.3) is 5.91 Å². The van der Waals surface area contributed by atoms with Crippen molar-refractivity contribution in [2.24, 2.45) is 0 Å². The van der Waals surface area contributed by atoms with Crippen LogP contribution in [0.2, 0.25) is 25.7 Å². The molecule has 1 saturated heterocycles. The summed E-state index contributed by atoms with van der Waals surface area (Å²) in [6, 6.07) is 2.44. The van der Waals surface area contributed by atoms with Crippen LogP contribution in [-0.4, -0.2) is 92.9 Å². The molecule has 49 heavy (non-hydrogen) atoms. The first-order valence-corrected chi connectivity index (χ1v) is 20.0. The van der Waals surface area contributed by atoms with Crippen molar-refractivity contribution in [2.45, 2.75) is 77.6 Å². The lowest BCUT2D eigenvalue weighted by Crippen LogP contribution is -2.50. The lowest BCUT2D eigenvalue weighted by molar-refractivity contribution is -0.138. The molecule has 0 spiro atoms. The topological polar surface area (TPSA) is 87.2 Å². The van der Waals surface area contributed by atoms with E-state index in [-0.39, 0.29) is 49.3 Å². The fraction of sp³-hybridized carbons (Fsp3) is 0.559. The highest BCUT2D eigenvalue weighted by Gasteiger charge is 2.38. The van der Waals surface area contributed by atoms with Gasteiger partial charge in [0.05, 0.1) is 29.0 Å². The highest BCUT2D eigenvalue weighted by atomic mass is 28.3. The first kappa shape index (κ1) is 38.1. The van der Waals surface area contributed by atoms with E-state index in [2.05, 4.69) is 34.8 Å². The van der Waals surface area contributed by atoms with Crippen LogP contribution in [0.3, 0.4) is 0 Å². The standard InChI is InChI=1S/C34H46F5N5O4Si/c1-21-20-44(14-13-42(21)5)26-18-25(35)28(22-9-11-43(12-10-22)32(46)48-33(2,3)4)29(36)30(26)41-31(45)23-19-40-27(17-24(23)34(37,38)39)47-15-16-49(6,7)8/h9,17-19,21H,10-16,20H2,1-8H3,(H,41,45). The Kier molecular flexibility index (Phi) is 11.4. The van der Waals surface area contributed by atoms with Gasteiger partial charge in [-0.25, -0.2) is 18.6 Å². The van der Waals surface area contributed by atoms with E-state index in [4.69, 9.17) is 9.47 Å². The molecular weight excluding hydrogens is 665 g/mol. The average molecular weight is 712 g/mol. The molecule has 1 fully saturated rings. The molecule has 3 heterocycles. The molecule has 2 aliphatic heterocycles. The number of anilines is 2. The number of carbonyl (C=O) groups is 2. The van der Waals surface area contributed by atoms with Crippen molar-refractivity contribution in [3.05, 3.63) is 52.7 Å². The van der Waals surface area contributed by atoms with Gasteiger partial charge in [-0.1, -0.05) is 25.7 Å². The zero-order chi connectivity index (χ0) is 36.5. The van der Waals surface area contributed by atoms with Crippen molar-refractivity contribution in [1.82, 2.24) is 14.8 Å². The summed E-state index contributed by atoms with van der Waals surface area (Å²) in [4.78, 5) is 35.3. The Bertz CT molecular complexity index is 1590. The second kappa shape index (κ2) is 14.6. The summed E-state index contributed by atoms with van der Waals surface area (Å²) < 4.78 is 86.2. The molecule has 0 radical (unpaired) electrons. The molecule has 0 aliphatic carbocycles. The molecular formula is C34H46F5N5O4Si. The van der Waals surface area contributed by atoms with Crippen LogP contribution in [-0.2, 0) is 10.9 Å². The highest BCUT2D eigenvalue weighted by Crippen LogP contribution is 2.40. The van der Waals surface area contributed by atoms with Crippen LogP contribution in [0.4, 0.5) is 38.1 Å². The number of pyridine rings is 1. The van der Waals surface area contributed by atoms with Crippen molar-refractivity contribution >= 4 is 37.0 Å². The maximum atomic E-state index is 16.6. The molecule has 1 atom stereocenters. The number of aromatic nitrogens is 1. The number of benzene rings is 1. The van der Waals surface area contributed by atoms with Gasteiger partial charge >= 0.3 is 12.3 Å². The zero-order valence-corrected chi connectivity index (χ0v) is 30.4. The Balaban J connectivity index is 1.72. The first-order valence-electron chi connectivity index (χ1n) is 16.3. The van der Waals surface area contributed by atoms with Gasteiger partial charge in [0.2, 0.25) is 5.88 Å². The summed E-state index contributed by atoms with van der Waals surface area (Å²) in [6.07, 6.45) is -3.19. The average Bonchev–Trinajstić information content (AvgIpc) is 2.98. The maximum Gasteiger partial charge on any atom is 0.417 e. The quantitative estimate of drug-likeness (QED) is 0.224. The molecule has 2 amide bonds. The van der Waals surface area contributed by atoms with Gasteiger partial charge in [-0.3, -0.25) is 4.79 Å². The minimum absolute atomic E-state index is 0.00617. The highest BCUT2D eigenvalue weighted by molar-refractivity contribution is 6.76. The predicted octanol–water partition coefficient (Wildman–Crippen LogP) is 7.51. The van der Waals surface area contributed by atoms with Gasteiger partial charge in [-0.2, -0.15) is 13.2 Å². The molecule has 0 bridgehead atoms. The third-order valence-corrected chi connectivity index (χ3v) is 10.2. The molecule has 1 N–H and O–H groups in total. The summed E-state index contributed by atoms with van der Waals surface area (Å²) in [6.45, 7) is 15.0. The van der Waals surface area contributed by atoms with Crippen LogP contribution in [0.15, 0.2) is 24.4 Å². The molecule has 4 rings (SSSR count). The summed E-state index contributed by atoms with van der Waals surface area (Å²) in [7, 11) is 0.371. The van der Waals surface area contributed by atoms with Crippen LogP contribution in [0.5, 0.6) is 5.88 Å². The summed E-state index contributed by atoms with van der Waals surface area (Å²) in [5.41, 5.74) is -3.48. The Morgan fingerprint density at radius 1 is 1.08 bits per heavy atom. The van der Waals surface area contributed by atoms with Crippen LogP contribution >= 0.6 is 0 Å². The van der Waals surface area contributed by atoms with E-state index in [0.717, 1.165) is 12.3 Å². The van der Waals surface area contributed by atoms with E-state index in [1.54, 1.807) is 25.7 Å². The number of amides is 2. The van der Waals surface area contributed by atoms with E-state index >= 15 is 8.78 Å². The molecule has 9 nitrogen and oxygen atoms in total. The second-order valence-corrected chi connectivity index (χ2v) is 20.4. The number of nitrogens with one attached hydrogen (secondary N) is 1. The number of hydrogen-bond acceptors (Lipinski definition) is 7. The van der Waals surface area contributed by atoms with E-state index < -0.39 is 65.9 Å². The SMILES string of the molecule is CC1CN(c2cc(F)c(C3=CCN(C(=O)OC(C)(C)C)CC3)c(F)c2NC(=O)c2cnc(OCC[Si](C)(C)C)cc2C(F)(F)F)CCN1C. The number of nitrogens with zero attached hydrogens (tertiary/aromatic N) is 4. The third-order valence-electron chi connectivity index (χ3n) is 8.45. The number of ether oxygens (including phenoxy) is 2. The molecule has 2 aromatic rings.